The van der Waals surface area contributed by atoms with Crippen LogP contribution in [0.5, 0.6) is 5.88 Å². The summed E-state index contributed by atoms with van der Waals surface area (Å²) < 4.78 is 36.4. The number of aromatic carboxylic acids is 1. The Labute approximate surface area is 259 Å². The summed E-state index contributed by atoms with van der Waals surface area (Å²) in [6.45, 7) is 0.840. The number of carbonyl (C=O) groups is 1. The van der Waals surface area contributed by atoms with E-state index in [9.17, 15) is 23.5 Å². The van der Waals surface area contributed by atoms with Gasteiger partial charge in [0.15, 0.2) is 11.5 Å². The summed E-state index contributed by atoms with van der Waals surface area (Å²) >= 11 is 12.6. The Hall–Kier alpha value is -4.33. The molecule has 2 aliphatic rings. The number of carboxylic acid groups (broad SMARTS) is 1. The first-order chi connectivity index (χ1) is 20.9. The van der Waals surface area contributed by atoms with Crippen molar-refractivity contribution in [2.45, 2.75) is 18.4 Å². The first kappa shape index (κ1) is 29.7. The first-order valence-corrected chi connectivity index (χ1v) is 14.2. The largest absolute Gasteiger partial charge is 0.477 e. The minimum Gasteiger partial charge on any atom is -0.477 e. The lowest BCUT2D eigenvalue weighted by Gasteiger charge is -2.43. The van der Waals surface area contributed by atoms with Crippen LogP contribution in [-0.2, 0) is 0 Å². The van der Waals surface area contributed by atoms with Crippen LogP contribution < -0.4 is 20.0 Å². The number of halogens is 4. The fraction of sp³-hybridized carbons (Fsp3) is 0.276. The Morgan fingerprint density at radius 1 is 1.18 bits per heavy atom. The Kier molecular flexibility index (Phi) is 7.64. The van der Waals surface area contributed by atoms with Gasteiger partial charge >= 0.3 is 5.97 Å². The Morgan fingerprint density at radius 3 is 2.61 bits per heavy atom. The summed E-state index contributed by atoms with van der Waals surface area (Å²) in [5, 5.41) is 9.71. The second-order valence-electron chi connectivity index (χ2n) is 10.7. The highest BCUT2D eigenvalue weighted by Crippen LogP contribution is 2.41. The van der Waals surface area contributed by atoms with Crippen molar-refractivity contribution in [3.05, 3.63) is 86.7 Å². The lowest BCUT2D eigenvalue weighted by molar-refractivity contribution is 0.0278. The molecule has 1 N–H and O–H groups in total. The zero-order chi connectivity index (χ0) is 31.3. The quantitative estimate of drug-likeness (QED) is 0.284. The number of hydrogen-bond donors (Lipinski definition) is 1. The Balaban J connectivity index is 1.43. The van der Waals surface area contributed by atoms with Crippen molar-refractivity contribution in [3.8, 4) is 11.6 Å². The third-order valence-electron chi connectivity index (χ3n) is 7.53. The summed E-state index contributed by atoms with van der Waals surface area (Å²) in [5.41, 5.74) is -0.882. The van der Waals surface area contributed by atoms with Crippen LogP contribution in [0.3, 0.4) is 0 Å². The maximum absolute atomic E-state index is 14.8. The molecule has 11 nitrogen and oxygen atoms in total. The van der Waals surface area contributed by atoms with E-state index in [-0.39, 0.29) is 38.5 Å². The second kappa shape index (κ2) is 11.3. The van der Waals surface area contributed by atoms with Crippen molar-refractivity contribution in [2.24, 2.45) is 0 Å². The number of likely N-dealkylation sites (N-methyl/N-ethyl adjacent to an activating group) is 1. The SMILES string of the molecule is CN(C)C1CN(c2ccc(-n3cc(C(=O)O)c(=O)c4cc(Cl)c(N5CC(F)(F)C/C5=C\Oc5ncccc5Cl)nc43)cn2)C1. The maximum atomic E-state index is 14.8. The number of ether oxygens (including phenoxy) is 1. The van der Waals surface area contributed by atoms with Gasteiger partial charge in [-0.15, -0.1) is 0 Å². The van der Waals surface area contributed by atoms with E-state index >= 15 is 0 Å². The van der Waals surface area contributed by atoms with Crippen molar-refractivity contribution < 1.29 is 23.4 Å². The predicted octanol–water partition coefficient (Wildman–Crippen LogP) is 4.70. The average molecular weight is 644 g/mol. The molecule has 0 atom stereocenters. The fourth-order valence-electron chi connectivity index (χ4n) is 5.08. The van der Waals surface area contributed by atoms with Crippen LogP contribution in [0, 0.1) is 0 Å². The third-order valence-corrected chi connectivity index (χ3v) is 8.10. The number of allylic oxidation sites excluding steroid dienone is 1. The number of hydrogen-bond acceptors (Lipinski definition) is 9. The Morgan fingerprint density at radius 2 is 1.95 bits per heavy atom. The maximum Gasteiger partial charge on any atom is 0.341 e. The van der Waals surface area contributed by atoms with E-state index in [1.54, 1.807) is 24.3 Å². The molecule has 0 unspecified atom stereocenters. The Bertz CT molecular complexity index is 1860. The molecule has 0 saturated carbocycles. The van der Waals surface area contributed by atoms with Gasteiger partial charge in [-0.2, -0.15) is 0 Å². The number of anilines is 2. The second-order valence-corrected chi connectivity index (χ2v) is 11.6. The lowest BCUT2D eigenvalue weighted by Crippen LogP contribution is -2.57. The van der Waals surface area contributed by atoms with Gasteiger partial charge in [-0.25, -0.2) is 28.5 Å². The van der Waals surface area contributed by atoms with E-state index in [1.165, 1.54) is 27.9 Å². The molecular weight excluding hydrogens is 619 g/mol. The van der Waals surface area contributed by atoms with E-state index < -0.39 is 35.8 Å². The molecule has 2 saturated heterocycles. The van der Waals surface area contributed by atoms with Gasteiger partial charge in [-0.05, 0) is 44.4 Å². The minimum absolute atomic E-state index is 0.00817. The molecule has 2 fully saturated rings. The topological polar surface area (TPSA) is 117 Å². The molecule has 0 bridgehead atoms. The van der Waals surface area contributed by atoms with Crippen LogP contribution in [0.15, 0.2) is 65.7 Å². The summed E-state index contributed by atoms with van der Waals surface area (Å²) in [7, 11) is 4.03. The fourth-order valence-corrected chi connectivity index (χ4v) is 5.50. The summed E-state index contributed by atoms with van der Waals surface area (Å²) in [4.78, 5) is 43.7. The van der Waals surface area contributed by atoms with E-state index in [4.69, 9.17) is 27.9 Å². The number of alkyl halides is 2. The van der Waals surface area contributed by atoms with Gasteiger partial charge in [-0.1, -0.05) is 23.2 Å². The monoisotopic (exact) mass is 643 g/mol. The van der Waals surface area contributed by atoms with Crippen LogP contribution in [0.2, 0.25) is 10.0 Å². The van der Waals surface area contributed by atoms with Gasteiger partial charge in [0.1, 0.15) is 22.7 Å². The zero-order valence-electron chi connectivity index (χ0n) is 23.4. The zero-order valence-corrected chi connectivity index (χ0v) is 24.9. The van der Waals surface area contributed by atoms with Crippen LogP contribution >= 0.6 is 23.2 Å². The highest BCUT2D eigenvalue weighted by molar-refractivity contribution is 6.33. The van der Waals surface area contributed by atoms with Gasteiger partial charge in [0, 0.05) is 31.5 Å². The molecule has 44 heavy (non-hydrogen) atoms. The lowest BCUT2D eigenvalue weighted by atomic mass is 10.1. The molecule has 0 radical (unpaired) electrons. The molecule has 0 aromatic carbocycles. The van der Waals surface area contributed by atoms with Crippen LogP contribution in [0.25, 0.3) is 16.7 Å². The number of rotatable bonds is 7. The van der Waals surface area contributed by atoms with Crippen LogP contribution in [-0.4, -0.2) is 81.2 Å². The van der Waals surface area contributed by atoms with Crippen molar-refractivity contribution in [3.63, 3.8) is 0 Å². The van der Waals surface area contributed by atoms with Gasteiger partial charge in [-0.3, -0.25) is 9.36 Å². The van der Waals surface area contributed by atoms with E-state index in [0.717, 1.165) is 31.4 Å². The van der Waals surface area contributed by atoms with E-state index in [1.807, 2.05) is 14.1 Å². The standard InChI is InChI=1S/C29H25Cl2F2N7O4/c1-37(2)18-11-38(12-18)23-6-5-16(10-35-23)39-13-20(28(42)43)24(41)19-8-22(31)26(36-25(19)39)40-15-29(32,33)9-17(40)14-44-27-21(30)4-3-7-34-27/h3-8,10,13-14,18H,9,11-12,15H2,1-2H3,(H,42,43)/b17-14+. The summed E-state index contributed by atoms with van der Waals surface area (Å²) in [6.07, 6.45) is 4.54. The molecule has 2 aliphatic heterocycles. The van der Waals surface area contributed by atoms with Gasteiger partial charge in [0.05, 0.1) is 41.0 Å². The van der Waals surface area contributed by atoms with E-state index in [0.29, 0.717) is 11.7 Å². The summed E-state index contributed by atoms with van der Waals surface area (Å²) in [5.74, 6) is -3.92. The normalized spacial score (nSPS) is 17.5. The molecule has 6 heterocycles. The number of nitrogens with zero attached hydrogens (tertiary/aromatic N) is 7. The third kappa shape index (κ3) is 5.53. The van der Waals surface area contributed by atoms with Crippen molar-refractivity contribution in [1.29, 1.82) is 0 Å². The molecule has 15 heteroatoms. The molecular formula is C29H25Cl2F2N7O4. The van der Waals surface area contributed by atoms with Crippen LogP contribution in [0.1, 0.15) is 16.8 Å². The van der Waals surface area contributed by atoms with Crippen molar-refractivity contribution in [2.75, 3.05) is 43.5 Å². The summed E-state index contributed by atoms with van der Waals surface area (Å²) in [6, 6.07) is 8.29. The number of aromatic nitrogens is 4. The van der Waals surface area contributed by atoms with Gasteiger partial charge < -0.3 is 24.5 Å². The van der Waals surface area contributed by atoms with Gasteiger partial charge in [0.2, 0.25) is 11.3 Å². The van der Waals surface area contributed by atoms with Crippen LogP contribution in [0.4, 0.5) is 20.4 Å². The molecule has 6 rings (SSSR count). The van der Waals surface area contributed by atoms with Gasteiger partial charge in [0.25, 0.3) is 5.92 Å². The highest BCUT2D eigenvalue weighted by atomic mass is 35.5. The molecule has 4 aromatic heterocycles. The highest BCUT2D eigenvalue weighted by Gasteiger charge is 2.44. The number of fused-ring (bicyclic) bond motifs is 1. The molecule has 0 amide bonds. The van der Waals surface area contributed by atoms with Crippen molar-refractivity contribution >= 4 is 51.8 Å². The van der Waals surface area contributed by atoms with Crippen molar-refractivity contribution in [1.82, 2.24) is 24.4 Å². The first-order valence-electron chi connectivity index (χ1n) is 13.4. The molecule has 0 spiro atoms. The van der Waals surface area contributed by atoms with E-state index in [2.05, 4.69) is 24.8 Å². The molecule has 228 valence electrons. The predicted molar refractivity (Wildman–Crippen MR) is 162 cm³/mol. The molecule has 4 aromatic rings. The molecule has 0 aliphatic carbocycles. The number of carboxylic acids is 1. The smallest absolute Gasteiger partial charge is 0.341 e. The number of pyridine rings is 4. The average Bonchev–Trinajstić information content (AvgIpc) is 3.26. The minimum atomic E-state index is -3.15.